The average Bonchev–Trinajstić information content (AvgIpc) is 3.01. The molecule has 204 valence electrons. The molecular formula is C37H38O3. The van der Waals surface area contributed by atoms with Crippen molar-refractivity contribution in [3.05, 3.63) is 131 Å². The monoisotopic (exact) mass is 530 g/mol. The fourth-order valence-corrected chi connectivity index (χ4v) is 6.96. The van der Waals surface area contributed by atoms with Crippen LogP contribution in [0, 0.1) is 5.92 Å². The zero-order valence-electron chi connectivity index (χ0n) is 23.3. The topological polar surface area (TPSA) is 35.5 Å². The molecule has 2 bridgehead atoms. The standard InChI is InChI=1S/C37H38O3/c1-2-3-4-5-6-16-25-39-32-24-15-14-23-31(32)35-33-27-19-10-12-21-29(27)34(30-22-13-11-20-28(30)33)36(35)37(38)40-26-17-8-7-9-18-26/h7-15,17-24,33-36H,2-6,16,25H2,1H3. The van der Waals surface area contributed by atoms with Crippen LogP contribution in [-0.4, -0.2) is 12.6 Å². The number of esters is 1. The number of hydrogen-bond acceptors (Lipinski definition) is 3. The van der Waals surface area contributed by atoms with Gasteiger partial charge in [-0.15, -0.1) is 0 Å². The molecule has 0 radical (unpaired) electrons. The lowest BCUT2D eigenvalue weighted by atomic mass is 9.53. The van der Waals surface area contributed by atoms with E-state index < -0.39 is 0 Å². The van der Waals surface area contributed by atoms with E-state index in [0.717, 1.165) is 17.7 Å². The van der Waals surface area contributed by atoms with E-state index in [1.807, 2.05) is 36.4 Å². The van der Waals surface area contributed by atoms with E-state index >= 15 is 0 Å². The van der Waals surface area contributed by atoms with Gasteiger partial charge in [-0.25, -0.2) is 0 Å². The number of para-hydroxylation sites is 2. The van der Waals surface area contributed by atoms with E-state index in [4.69, 9.17) is 9.47 Å². The molecule has 3 aliphatic rings. The molecule has 0 N–H and O–H groups in total. The first kappa shape index (κ1) is 26.4. The van der Waals surface area contributed by atoms with E-state index in [1.54, 1.807) is 0 Å². The van der Waals surface area contributed by atoms with Crippen LogP contribution >= 0.6 is 0 Å². The minimum Gasteiger partial charge on any atom is -0.493 e. The summed E-state index contributed by atoms with van der Waals surface area (Å²) >= 11 is 0. The molecule has 3 aliphatic carbocycles. The van der Waals surface area contributed by atoms with Crippen LogP contribution in [0.4, 0.5) is 0 Å². The highest BCUT2D eigenvalue weighted by Gasteiger charge is 2.54. The highest BCUT2D eigenvalue weighted by Crippen LogP contribution is 2.62. The SMILES string of the molecule is CCCCCCCCOc1ccccc1C1C2c3ccccc3C(c3ccccc32)C1C(=O)Oc1ccccc1. The molecular weight excluding hydrogens is 492 g/mol. The van der Waals surface area contributed by atoms with Crippen LogP contribution in [0.2, 0.25) is 0 Å². The van der Waals surface area contributed by atoms with Crippen molar-refractivity contribution in [2.45, 2.75) is 63.2 Å². The van der Waals surface area contributed by atoms with Gasteiger partial charge in [0.2, 0.25) is 0 Å². The Morgan fingerprint density at radius 1 is 0.600 bits per heavy atom. The van der Waals surface area contributed by atoms with Crippen LogP contribution in [0.15, 0.2) is 103 Å². The van der Waals surface area contributed by atoms with Crippen LogP contribution in [0.5, 0.6) is 11.5 Å². The van der Waals surface area contributed by atoms with Crippen LogP contribution < -0.4 is 9.47 Å². The number of carbonyl (C=O) groups excluding carboxylic acids is 1. The summed E-state index contributed by atoms with van der Waals surface area (Å²) in [7, 11) is 0. The quantitative estimate of drug-likeness (QED) is 0.110. The van der Waals surface area contributed by atoms with Crippen molar-refractivity contribution in [2.75, 3.05) is 6.61 Å². The lowest BCUT2D eigenvalue weighted by Crippen LogP contribution is -2.44. The Morgan fingerprint density at radius 3 is 1.77 bits per heavy atom. The first-order valence-electron chi connectivity index (χ1n) is 14.9. The Hall–Kier alpha value is -3.85. The number of carbonyl (C=O) groups is 1. The Morgan fingerprint density at radius 2 is 1.12 bits per heavy atom. The molecule has 7 rings (SSSR count). The van der Waals surface area contributed by atoms with Crippen molar-refractivity contribution >= 4 is 5.97 Å². The number of benzene rings is 4. The van der Waals surface area contributed by atoms with Gasteiger partial charge in [0.05, 0.1) is 12.5 Å². The molecule has 2 atom stereocenters. The summed E-state index contributed by atoms with van der Waals surface area (Å²) in [6.07, 6.45) is 7.34. The lowest BCUT2D eigenvalue weighted by Gasteiger charge is -2.50. The summed E-state index contributed by atoms with van der Waals surface area (Å²) in [5.74, 6) is 0.805. The van der Waals surface area contributed by atoms with Crippen LogP contribution in [0.3, 0.4) is 0 Å². The van der Waals surface area contributed by atoms with Crippen LogP contribution in [-0.2, 0) is 4.79 Å². The van der Waals surface area contributed by atoms with E-state index in [0.29, 0.717) is 12.4 Å². The molecule has 3 heteroatoms. The predicted molar refractivity (Wildman–Crippen MR) is 160 cm³/mol. The molecule has 0 spiro atoms. The summed E-state index contributed by atoms with van der Waals surface area (Å²) in [6.45, 7) is 2.94. The van der Waals surface area contributed by atoms with Crippen molar-refractivity contribution in [1.82, 2.24) is 0 Å². The molecule has 40 heavy (non-hydrogen) atoms. The molecule has 0 aliphatic heterocycles. The number of hydrogen-bond donors (Lipinski definition) is 0. The summed E-state index contributed by atoms with van der Waals surface area (Å²) in [5.41, 5.74) is 6.20. The van der Waals surface area contributed by atoms with Crippen LogP contribution in [0.25, 0.3) is 0 Å². The van der Waals surface area contributed by atoms with Crippen LogP contribution in [0.1, 0.15) is 91.0 Å². The van der Waals surface area contributed by atoms with Crippen molar-refractivity contribution < 1.29 is 14.3 Å². The third-order valence-corrected chi connectivity index (χ3v) is 8.70. The second kappa shape index (κ2) is 12.1. The van der Waals surface area contributed by atoms with Gasteiger partial charge in [0.15, 0.2) is 0 Å². The summed E-state index contributed by atoms with van der Waals surface area (Å²) in [5, 5.41) is 0. The fourth-order valence-electron chi connectivity index (χ4n) is 6.96. The molecule has 2 unspecified atom stereocenters. The average molecular weight is 531 g/mol. The Bertz CT molecular complexity index is 1400. The van der Waals surface area contributed by atoms with Gasteiger partial charge in [-0.3, -0.25) is 4.79 Å². The number of rotatable bonds is 11. The van der Waals surface area contributed by atoms with Gasteiger partial charge >= 0.3 is 5.97 Å². The van der Waals surface area contributed by atoms with Gasteiger partial charge in [0.1, 0.15) is 11.5 Å². The maximum absolute atomic E-state index is 14.2. The first-order valence-corrected chi connectivity index (χ1v) is 14.9. The van der Waals surface area contributed by atoms with Crippen molar-refractivity contribution in [3.8, 4) is 11.5 Å². The summed E-state index contributed by atoms with van der Waals surface area (Å²) in [6, 6.07) is 35.1. The Kier molecular flexibility index (Phi) is 7.99. The molecule has 4 aromatic rings. The molecule has 0 saturated heterocycles. The Labute approximate surface area is 238 Å². The fraction of sp³-hybridized carbons (Fsp3) is 0.324. The van der Waals surface area contributed by atoms with Crippen molar-refractivity contribution in [1.29, 1.82) is 0 Å². The Balaban J connectivity index is 1.38. The minimum absolute atomic E-state index is 0.0458. The van der Waals surface area contributed by atoms with Gasteiger partial charge in [0, 0.05) is 17.8 Å². The third kappa shape index (κ3) is 5.06. The maximum Gasteiger partial charge on any atom is 0.315 e. The van der Waals surface area contributed by atoms with E-state index in [2.05, 4.69) is 73.7 Å². The zero-order valence-corrected chi connectivity index (χ0v) is 23.3. The third-order valence-electron chi connectivity index (χ3n) is 8.70. The van der Waals surface area contributed by atoms with E-state index in [9.17, 15) is 4.79 Å². The number of fused-ring (bicyclic) bond motifs is 1. The molecule has 0 amide bonds. The van der Waals surface area contributed by atoms with E-state index in [1.165, 1.54) is 54.4 Å². The zero-order chi connectivity index (χ0) is 27.3. The van der Waals surface area contributed by atoms with E-state index in [-0.39, 0.29) is 29.6 Å². The second-order valence-corrected chi connectivity index (χ2v) is 11.2. The van der Waals surface area contributed by atoms with Gasteiger partial charge in [0.25, 0.3) is 0 Å². The number of unbranched alkanes of at least 4 members (excludes halogenated alkanes) is 5. The molecule has 4 aromatic carbocycles. The second-order valence-electron chi connectivity index (χ2n) is 11.2. The lowest BCUT2D eigenvalue weighted by molar-refractivity contribution is -0.141. The molecule has 0 aromatic heterocycles. The van der Waals surface area contributed by atoms with Gasteiger partial charge in [-0.2, -0.15) is 0 Å². The summed E-state index contributed by atoms with van der Waals surface area (Å²) in [4.78, 5) is 14.2. The van der Waals surface area contributed by atoms with Gasteiger partial charge in [-0.05, 0) is 52.4 Å². The number of ether oxygens (including phenoxy) is 2. The van der Waals surface area contributed by atoms with Crippen molar-refractivity contribution in [3.63, 3.8) is 0 Å². The largest absolute Gasteiger partial charge is 0.493 e. The maximum atomic E-state index is 14.2. The molecule has 3 nitrogen and oxygen atoms in total. The molecule has 0 saturated carbocycles. The highest BCUT2D eigenvalue weighted by molar-refractivity contribution is 5.82. The van der Waals surface area contributed by atoms with Crippen molar-refractivity contribution in [2.24, 2.45) is 5.92 Å². The molecule has 0 fully saturated rings. The predicted octanol–water partition coefficient (Wildman–Crippen LogP) is 9.02. The normalized spacial score (nSPS) is 20.4. The summed E-state index contributed by atoms with van der Waals surface area (Å²) < 4.78 is 12.6. The van der Waals surface area contributed by atoms with Gasteiger partial charge < -0.3 is 9.47 Å². The van der Waals surface area contributed by atoms with Gasteiger partial charge in [-0.1, -0.05) is 124 Å². The first-order chi connectivity index (χ1) is 19.8. The molecule has 0 heterocycles. The minimum atomic E-state index is -0.367. The smallest absolute Gasteiger partial charge is 0.315 e. The highest BCUT2D eigenvalue weighted by atomic mass is 16.5.